The van der Waals surface area contributed by atoms with Crippen molar-refractivity contribution in [3.05, 3.63) is 47.6 Å². The minimum Gasteiger partial charge on any atom is -0.378 e. The molecule has 0 radical (unpaired) electrons. The number of halogens is 2. The Morgan fingerprint density at radius 3 is 2.45 bits per heavy atom. The maximum absolute atomic E-state index is 5.40. The van der Waals surface area contributed by atoms with E-state index in [1.54, 1.807) is 11.3 Å². The van der Waals surface area contributed by atoms with Crippen molar-refractivity contribution in [2.45, 2.75) is 19.8 Å². The van der Waals surface area contributed by atoms with Gasteiger partial charge in [-0.1, -0.05) is 19.9 Å². The Labute approximate surface area is 187 Å². The number of rotatable bonds is 5. The van der Waals surface area contributed by atoms with E-state index in [-0.39, 0.29) is 24.8 Å². The lowest BCUT2D eigenvalue weighted by Gasteiger charge is -2.28. The molecule has 0 aliphatic carbocycles. The van der Waals surface area contributed by atoms with Gasteiger partial charge in [0.25, 0.3) is 0 Å². The van der Waals surface area contributed by atoms with E-state index in [1.165, 1.54) is 4.88 Å². The standard InChI is InChI=1S/C20H23N5OS.2ClH/c1-14(2)17-13-22-20(27-17)16-4-3-5-19(23-16)24-18-7-6-15(12-21-18)25-8-10-26-11-9-25;;/h3-7,12-14H,8-11H2,1-2H3,(H,21,23,24);2*1H. The molecule has 0 spiro atoms. The molecule has 1 aliphatic heterocycles. The predicted octanol–water partition coefficient (Wildman–Crippen LogP) is 5.15. The van der Waals surface area contributed by atoms with Gasteiger partial charge in [-0.15, -0.1) is 36.2 Å². The molecule has 0 unspecified atom stereocenters. The number of morpholine rings is 1. The molecule has 1 fully saturated rings. The van der Waals surface area contributed by atoms with E-state index in [4.69, 9.17) is 9.72 Å². The molecule has 0 bridgehead atoms. The molecule has 3 aromatic rings. The number of ether oxygens (including phenoxy) is 1. The summed E-state index contributed by atoms with van der Waals surface area (Å²) in [4.78, 5) is 17.3. The SMILES string of the molecule is CC(C)c1cnc(-c2cccc(Nc3ccc(N4CCOCC4)cn3)n2)s1.Cl.Cl. The Hall–Kier alpha value is -1.93. The van der Waals surface area contributed by atoms with Gasteiger partial charge in [0.05, 0.1) is 25.1 Å². The Bertz CT molecular complexity index is 898. The lowest BCUT2D eigenvalue weighted by molar-refractivity contribution is 0.122. The van der Waals surface area contributed by atoms with Crippen molar-refractivity contribution in [3.8, 4) is 10.7 Å². The normalized spacial score (nSPS) is 13.6. The van der Waals surface area contributed by atoms with Crippen LogP contribution < -0.4 is 10.2 Å². The van der Waals surface area contributed by atoms with Crippen LogP contribution in [-0.2, 0) is 4.74 Å². The zero-order chi connectivity index (χ0) is 18.6. The minimum absolute atomic E-state index is 0. The van der Waals surface area contributed by atoms with Gasteiger partial charge in [-0.05, 0) is 30.2 Å². The predicted molar refractivity (Wildman–Crippen MR) is 124 cm³/mol. The fraction of sp³-hybridized carbons (Fsp3) is 0.350. The molecule has 9 heteroatoms. The highest BCUT2D eigenvalue weighted by molar-refractivity contribution is 7.15. The van der Waals surface area contributed by atoms with Gasteiger partial charge in [0.2, 0.25) is 0 Å². The second-order valence-corrected chi connectivity index (χ2v) is 7.82. The van der Waals surface area contributed by atoms with Crippen LogP contribution in [-0.4, -0.2) is 41.3 Å². The van der Waals surface area contributed by atoms with E-state index in [0.29, 0.717) is 5.92 Å². The highest BCUT2D eigenvalue weighted by Crippen LogP contribution is 2.29. The van der Waals surface area contributed by atoms with Gasteiger partial charge in [-0.2, -0.15) is 0 Å². The first-order valence-electron chi connectivity index (χ1n) is 9.18. The summed E-state index contributed by atoms with van der Waals surface area (Å²) in [5.74, 6) is 2.02. The Morgan fingerprint density at radius 1 is 1.00 bits per heavy atom. The molecular formula is C20H25Cl2N5OS. The smallest absolute Gasteiger partial charge is 0.142 e. The fourth-order valence-corrected chi connectivity index (χ4v) is 3.78. The Kier molecular flexibility index (Phi) is 8.64. The highest BCUT2D eigenvalue weighted by atomic mass is 35.5. The zero-order valence-corrected chi connectivity index (χ0v) is 18.8. The van der Waals surface area contributed by atoms with Crippen LogP contribution in [0.25, 0.3) is 10.7 Å². The molecular weight excluding hydrogens is 429 g/mol. The molecule has 0 atom stereocenters. The third-order valence-corrected chi connectivity index (χ3v) is 5.76. The number of hydrogen-bond donors (Lipinski definition) is 1. The van der Waals surface area contributed by atoms with E-state index in [9.17, 15) is 0 Å². The van der Waals surface area contributed by atoms with Crippen molar-refractivity contribution in [2.75, 3.05) is 36.5 Å². The van der Waals surface area contributed by atoms with Crippen LogP contribution in [0.15, 0.2) is 42.7 Å². The van der Waals surface area contributed by atoms with Crippen LogP contribution >= 0.6 is 36.2 Å². The topological polar surface area (TPSA) is 63.2 Å². The average Bonchev–Trinajstić information content (AvgIpc) is 3.20. The van der Waals surface area contributed by atoms with Crippen molar-refractivity contribution in [1.29, 1.82) is 0 Å². The minimum atomic E-state index is 0. The van der Waals surface area contributed by atoms with Gasteiger partial charge < -0.3 is 15.0 Å². The van der Waals surface area contributed by atoms with E-state index >= 15 is 0 Å². The molecule has 4 heterocycles. The van der Waals surface area contributed by atoms with E-state index in [2.05, 4.69) is 40.1 Å². The maximum Gasteiger partial charge on any atom is 0.142 e. The molecule has 6 nitrogen and oxygen atoms in total. The van der Waals surface area contributed by atoms with Gasteiger partial charge in [0, 0.05) is 24.2 Å². The first-order valence-corrected chi connectivity index (χ1v) is 9.99. The molecule has 156 valence electrons. The number of hydrogen-bond acceptors (Lipinski definition) is 7. The summed E-state index contributed by atoms with van der Waals surface area (Å²) in [6.07, 6.45) is 3.84. The van der Waals surface area contributed by atoms with Gasteiger partial charge >= 0.3 is 0 Å². The van der Waals surface area contributed by atoms with Crippen LogP contribution in [0, 0.1) is 0 Å². The molecule has 0 amide bonds. The number of pyridine rings is 2. The summed E-state index contributed by atoms with van der Waals surface area (Å²) >= 11 is 1.69. The van der Waals surface area contributed by atoms with E-state index in [1.807, 2.05) is 36.7 Å². The number of aromatic nitrogens is 3. The summed E-state index contributed by atoms with van der Waals surface area (Å²) in [7, 11) is 0. The van der Waals surface area contributed by atoms with Gasteiger partial charge in [-0.3, -0.25) is 0 Å². The molecule has 1 saturated heterocycles. The van der Waals surface area contributed by atoms with Crippen molar-refractivity contribution >= 4 is 53.5 Å². The summed E-state index contributed by atoms with van der Waals surface area (Å²) < 4.78 is 5.40. The van der Waals surface area contributed by atoms with Crippen molar-refractivity contribution < 1.29 is 4.74 Å². The van der Waals surface area contributed by atoms with Crippen molar-refractivity contribution in [1.82, 2.24) is 15.0 Å². The van der Waals surface area contributed by atoms with Crippen LogP contribution in [0.4, 0.5) is 17.3 Å². The molecule has 1 aliphatic rings. The number of thiazole rings is 1. The molecule has 29 heavy (non-hydrogen) atoms. The molecule has 4 rings (SSSR count). The first-order chi connectivity index (χ1) is 13.2. The maximum atomic E-state index is 5.40. The second kappa shape index (κ2) is 10.7. The lowest BCUT2D eigenvalue weighted by Crippen LogP contribution is -2.36. The van der Waals surface area contributed by atoms with E-state index in [0.717, 1.165) is 54.3 Å². The van der Waals surface area contributed by atoms with Crippen LogP contribution in [0.1, 0.15) is 24.6 Å². The lowest BCUT2D eigenvalue weighted by atomic mass is 10.2. The third-order valence-electron chi connectivity index (χ3n) is 4.44. The zero-order valence-electron chi connectivity index (χ0n) is 16.4. The molecule has 0 aromatic carbocycles. The van der Waals surface area contributed by atoms with Crippen LogP contribution in [0.3, 0.4) is 0 Å². The molecule has 0 saturated carbocycles. The summed E-state index contributed by atoms with van der Waals surface area (Å²) in [5.41, 5.74) is 2.00. The number of nitrogens with one attached hydrogen (secondary N) is 1. The van der Waals surface area contributed by atoms with Gasteiger partial charge in [0.1, 0.15) is 22.3 Å². The fourth-order valence-electron chi connectivity index (χ4n) is 2.90. The van der Waals surface area contributed by atoms with Crippen LogP contribution in [0.2, 0.25) is 0 Å². The highest BCUT2D eigenvalue weighted by Gasteiger charge is 2.12. The summed E-state index contributed by atoms with van der Waals surface area (Å²) in [5, 5.41) is 4.23. The van der Waals surface area contributed by atoms with E-state index < -0.39 is 0 Å². The number of nitrogens with zero attached hydrogens (tertiary/aromatic N) is 4. The van der Waals surface area contributed by atoms with Gasteiger partial charge in [-0.25, -0.2) is 15.0 Å². The third kappa shape index (κ3) is 5.79. The molecule has 3 aromatic heterocycles. The number of anilines is 3. The first kappa shape index (κ1) is 23.3. The quantitative estimate of drug-likeness (QED) is 0.576. The van der Waals surface area contributed by atoms with Crippen molar-refractivity contribution in [2.24, 2.45) is 0 Å². The summed E-state index contributed by atoms with van der Waals surface area (Å²) in [6, 6.07) is 9.99. The largest absolute Gasteiger partial charge is 0.378 e. The van der Waals surface area contributed by atoms with Gasteiger partial charge in [0.15, 0.2) is 0 Å². The average molecular weight is 454 g/mol. The van der Waals surface area contributed by atoms with Crippen molar-refractivity contribution in [3.63, 3.8) is 0 Å². The van der Waals surface area contributed by atoms with Crippen LogP contribution in [0.5, 0.6) is 0 Å². The molecule has 1 N–H and O–H groups in total. The monoisotopic (exact) mass is 453 g/mol. The Balaban J connectivity index is 0.00000150. The Morgan fingerprint density at radius 2 is 1.79 bits per heavy atom. The second-order valence-electron chi connectivity index (χ2n) is 6.76. The summed E-state index contributed by atoms with van der Waals surface area (Å²) in [6.45, 7) is 7.70.